The summed E-state index contributed by atoms with van der Waals surface area (Å²) in [5, 5.41) is 0. The lowest BCUT2D eigenvalue weighted by Gasteiger charge is -2.13. The topological polar surface area (TPSA) is 18.5 Å². The Bertz CT molecular complexity index is 180. The van der Waals surface area contributed by atoms with Crippen LogP contribution in [0.4, 0.5) is 0 Å². The van der Waals surface area contributed by atoms with Crippen molar-refractivity contribution in [2.24, 2.45) is 0 Å². The van der Waals surface area contributed by atoms with Crippen molar-refractivity contribution in [3.63, 3.8) is 0 Å². The fraction of sp³-hybridized carbons (Fsp3) is 0.556. The normalized spacial score (nSPS) is 16.9. The molecule has 0 aliphatic heterocycles. The van der Waals surface area contributed by atoms with Crippen molar-refractivity contribution in [1.82, 2.24) is 0 Å². The van der Waals surface area contributed by atoms with E-state index in [4.69, 9.17) is 9.47 Å². The van der Waals surface area contributed by atoms with Gasteiger partial charge in [-0.2, -0.15) is 0 Å². The maximum absolute atomic E-state index is 5.34. The minimum absolute atomic E-state index is 0.752. The van der Waals surface area contributed by atoms with Crippen molar-refractivity contribution in [3.05, 3.63) is 23.7 Å². The number of hydrogen-bond acceptors (Lipinski definition) is 2. The molecule has 11 heavy (non-hydrogen) atoms. The van der Waals surface area contributed by atoms with Crippen molar-refractivity contribution >= 4 is 0 Å². The van der Waals surface area contributed by atoms with Crippen LogP contribution in [0.5, 0.6) is 0 Å². The molecule has 0 unspecified atom stereocenters. The highest BCUT2D eigenvalue weighted by Gasteiger charge is 2.05. The van der Waals surface area contributed by atoms with Crippen molar-refractivity contribution < 1.29 is 9.47 Å². The lowest BCUT2D eigenvalue weighted by molar-refractivity contribution is 0.206. The molecule has 0 aromatic rings. The van der Waals surface area contributed by atoms with Crippen molar-refractivity contribution in [2.75, 3.05) is 13.7 Å². The lowest BCUT2D eigenvalue weighted by atomic mass is 10.1. The van der Waals surface area contributed by atoms with Crippen molar-refractivity contribution in [3.8, 4) is 0 Å². The Labute approximate surface area is 67.5 Å². The van der Waals surface area contributed by atoms with E-state index in [9.17, 15) is 0 Å². The van der Waals surface area contributed by atoms with Crippen LogP contribution in [0.2, 0.25) is 0 Å². The molecule has 2 heteroatoms. The Hall–Kier alpha value is -0.920. The Morgan fingerprint density at radius 2 is 1.91 bits per heavy atom. The number of rotatable bonds is 3. The molecule has 2 nitrogen and oxygen atoms in total. The van der Waals surface area contributed by atoms with Gasteiger partial charge in [-0.25, -0.2) is 0 Å². The molecular weight excluding hydrogens is 140 g/mol. The van der Waals surface area contributed by atoms with Gasteiger partial charge in [0, 0.05) is 12.8 Å². The van der Waals surface area contributed by atoms with Crippen LogP contribution in [-0.4, -0.2) is 13.7 Å². The number of ether oxygens (including phenoxy) is 2. The third kappa shape index (κ3) is 2.30. The van der Waals surface area contributed by atoms with Gasteiger partial charge in [0.05, 0.1) is 25.2 Å². The molecule has 0 heterocycles. The molecule has 1 aliphatic rings. The third-order valence-corrected chi connectivity index (χ3v) is 1.66. The Kier molecular flexibility index (Phi) is 3.02. The predicted molar refractivity (Wildman–Crippen MR) is 44.0 cm³/mol. The Balaban J connectivity index is 2.47. The quantitative estimate of drug-likeness (QED) is 0.620. The molecule has 0 radical (unpaired) electrons. The summed E-state index contributed by atoms with van der Waals surface area (Å²) in [6, 6.07) is 0. The summed E-state index contributed by atoms with van der Waals surface area (Å²) in [4.78, 5) is 0. The molecule has 0 amide bonds. The molecule has 1 aliphatic carbocycles. The van der Waals surface area contributed by atoms with Crippen LogP contribution in [0.1, 0.15) is 19.8 Å². The van der Waals surface area contributed by atoms with Gasteiger partial charge in [-0.05, 0) is 19.1 Å². The number of hydrogen-bond donors (Lipinski definition) is 0. The van der Waals surface area contributed by atoms with Gasteiger partial charge in [0.15, 0.2) is 0 Å². The zero-order valence-corrected chi connectivity index (χ0v) is 7.09. The van der Waals surface area contributed by atoms with Crippen molar-refractivity contribution in [2.45, 2.75) is 19.8 Å². The third-order valence-electron chi connectivity index (χ3n) is 1.66. The molecule has 0 atom stereocenters. The van der Waals surface area contributed by atoms with E-state index in [1.807, 2.05) is 19.1 Å². The molecule has 0 N–H and O–H groups in total. The molecular formula is C9H14O2. The van der Waals surface area contributed by atoms with Gasteiger partial charge in [0.1, 0.15) is 0 Å². The van der Waals surface area contributed by atoms with E-state index in [1.165, 1.54) is 0 Å². The first-order chi connectivity index (χ1) is 5.36. The standard InChI is InChI=1S/C9H14O2/c1-3-11-9-6-4-8(10-2)5-7-9/h4,6H,3,5,7H2,1-2H3. The van der Waals surface area contributed by atoms with E-state index in [0.717, 1.165) is 31.0 Å². The average Bonchev–Trinajstić information content (AvgIpc) is 2.07. The first-order valence-electron chi connectivity index (χ1n) is 3.93. The van der Waals surface area contributed by atoms with Gasteiger partial charge in [0.25, 0.3) is 0 Å². The van der Waals surface area contributed by atoms with Crippen LogP contribution in [-0.2, 0) is 9.47 Å². The van der Waals surface area contributed by atoms with Gasteiger partial charge in [-0.15, -0.1) is 0 Å². The zero-order chi connectivity index (χ0) is 8.10. The second-order valence-corrected chi connectivity index (χ2v) is 2.40. The summed E-state index contributed by atoms with van der Waals surface area (Å²) in [7, 11) is 1.70. The molecule has 1 rings (SSSR count). The molecule has 0 bridgehead atoms. The molecule has 0 fully saturated rings. The van der Waals surface area contributed by atoms with E-state index in [-0.39, 0.29) is 0 Å². The van der Waals surface area contributed by atoms with E-state index in [2.05, 4.69) is 0 Å². The maximum Gasteiger partial charge on any atom is 0.0965 e. The van der Waals surface area contributed by atoms with E-state index in [1.54, 1.807) is 7.11 Å². The van der Waals surface area contributed by atoms with Gasteiger partial charge in [0.2, 0.25) is 0 Å². The largest absolute Gasteiger partial charge is 0.501 e. The summed E-state index contributed by atoms with van der Waals surface area (Å²) >= 11 is 0. The minimum Gasteiger partial charge on any atom is -0.501 e. The summed E-state index contributed by atoms with van der Waals surface area (Å²) in [6.07, 6.45) is 5.87. The van der Waals surface area contributed by atoms with Gasteiger partial charge in [-0.1, -0.05) is 0 Å². The van der Waals surface area contributed by atoms with E-state index >= 15 is 0 Å². The monoisotopic (exact) mass is 154 g/mol. The van der Waals surface area contributed by atoms with Crippen LogP contribution in [0.3, 0.4) is 0 Å². The molecule has 0 aromatic heterocycles. The first kappa shape index (κ1) is 8.18. The van der Waals surface area contributed by atoms with Crippen LogP contribution in [0.15, 0.2) is 23.7 Å². The molecule has 62 valence electrons. The zero-order valence-electron chi connectivity index (χ0n) is 7.09. The highest BCUT2D eigenvalue weighted by molar-refractivity contribution is 5.17. The number of allylic oxidation sites excluding steroid dienone is 4. The molecule has 0 saturated heterocycles. The number of methoxy groups -OCH3 is 1. The fourth-order valence-corrected chi connectivity index (χ4v) is 1.07. The van der Waals surface area contributed by atoms with Gasteiger partial charge < -0.3 is 9.47 Å². The summed E-state index contributed by atoms with van der Waals surface area (Å²) in [6.45, 7) is 2.75. The first-order valence-corrected chi connectivity index (χ1v) is 3.93. The molecule has 0 saturated carbocycles. The SMILES string of the molecule is CCOC1=CC=C(OC)CC1. The van der Waals surface area contributed by atoms with E-state index < -0.39 is 0 Å². The molecule has 0 spiro atoms. The highest BCUT2D eigenvalue weighted by Crippen LogP contribution is 2.18. The predicted octanol–water partition coefficient (Wildman–Crippen LogP) is 2.23. The van der Waals surface area contributed by atoms with Crippen LogP contribution in [0.25, 0.3) is 0 Å². The Morgan fingerprint density at radius 3 is 2.36 bits per heavy atom. The second-order valence-electron chi connectivity index (χ2n) is 2.40. The van der Waals surface area contributed by atoms with Crippen LogP contribution < -0.4 is 0 Å². The fourth-order valence-electron chi connectivity index (χ4n) is 1.07. The highest BCUT2D eigenvalue weighted by atomic mass is 16.5. The van der Waals surface area contributed by atoms with Gasteiger partial charge in [-0.3, -0.25) is 0 Å². The summed E-state index contributed by atoms with van der Waals surface area (Å²) < 4.78 is 10.4. The average molecular weight is 154 g/mol. The van der Waals surface area contributed by atoms with Crippen LogP contribution >= 0.6 is 0 Å². The van der Waals surface area contributed by atoms with Crippen molar-refractivity contribution in [1.29, 1.82) is 0 Å². The maximum atomic E-state index is 5.34. The Morgan fingerprint density at radius 1 is 1.27 bits per heavy atom. The van der Waals surface area contributed by atoms with Gasteiger partial charge >= 0.3 is 0 Å². The molecule has 0 aromatic carbocycles. The lowest BCUT2D eigenvalue weighted by Crippen LogP contribution is -1.98. The van der Waals surface area contributed by atoms with Crippen LogP contribution in [0, 0.1) is 0 Å². The summed E-state index contributed by atoms with van der Waals surface area (Å²) in [5.74, 6) is 2.10. The summed E-state index contributed by atoms with van der Waals surface area (Å²) in [5.41, 5.74) is 0. The second kappa shape index (κ2) is 4.06. The van der Waals surface area contributed by atoms with E-state index in [0.29, 0.717) is 0 Å². The minimum atomic E-state index is 0.752. The smallest absolute Gasteiger partial charge is 0.0965 e.